The quantitative estimate of drug-likeness (QED) is 0.912. The largest absolute Gasteiger partial charge is 0.383 e. The molecule has 3 rings (SSSR count). The number of nitrogens with one attached hydrogen (secondary N) is 1. The van der Waals surface area contributed by atoms with E-state index in [2.05, 4.69) is 34.5 Å². The summed E-state index contributed by atoms with van der Waals surface area (Å²) in [6, 6.07) is 8.73. The molecule has 2 atom stereocenters. The van der Waals surface area contributed by atoms with E-state index in [0.29, 0.717) is 6.04 Å². The van der Waals surface area contributed by atoms with E-state index in [1.807, 2.05) is 0 Å². The number of rotatable bonds is 2. The number of nitrogens with zero attached hydrogens (tertiary/aromatic N) is 1. The van der Waals surface area contributed by atoms with Gasteiger partial charge in [0.25, 0.3) is 0 Å². The van der Waals surface area contributed by atoms with Crippen LogP contribution in [-0.4, -0.2) is 39.1 Å². The van der Waals surface area contributed by atoms with Crippen molar-refractivity contribution in [2.45, 2.75) is 43.4 Å². The fraction of sp³-hybridized carbons (Fsp3) is 0.625. The van der Waals surface area contributed by atoms with Crippen LogP contribution in [0, 0.1) is 0 Å². The van der Waals surface area contributed by atoms with Crippen molar-refractivity contribution < 1.29 is 8.42 Å². The van der Waals surface area contributed by atoms with Crippen LogP contribution in [0.2, 0.25) is 0 Å². The van der Waals surface area contributed by atoms with Gasteiger partial charge in [-0.05, 0) is 37.8 Å². The van der Waals surface area contributed by atoms with E-state index in [-0.39, 0.29) is 5.25 Å². The molecule has 116 valence electrons. The molecule has 1 fully saturated rings. The van der Waals surface area contributed by atoms with Gasteiger partial charge in [0.2, 0.25) is 0 Å². The first-order chi connectivity index (χ1) is 10.1. The molecule has 0 saturated heterocycles. The molecule has 0 amide bonds. The maximum atomic E-state index is 11.9. The van der Waals surface area contributed by atoms with Gasteiger partial charge >= 0.3 is 0 Å². The van der Waals surface area contributed by atoms with Crippen LogP contribution in [-0.2, 0) is 9.84 Å². The van der Waals surface area contributed by atoms with Gasteiger partial charge in [-0.25, -0.2) is 8.42 Å². The predicted octanol–water partition coefficient (Wildman–Crippen LogP) is 2.66. The topological polar surface area (TPSA) is 49.4 Å². The lowest BCUT2D eigenvalue weighted by Gasteiger charge is -2.38. The predicted molar refractivity (Wildman–Crippen MR) is 87.8 cm³/mol. The van der Waals surface area contributed by atoms with Gasteiger partial charge in [0.15, 0.2) is 0 Å². The first kappa shape index (κ1) is 14.7. The van der Waals surface area contributed by atoms with Crippen molar-refractivity contribution in [3.05, 3.63) is 24.3 Å². The number of para-hydroxylation sites is 2. The van der Waals surface area contributed by atoms with E-state index in [0.717, 1.165) is 45.2 Å². The summed E-state index contributed by atoms with van der Waals surface area (Å²) in [6.45, 7) is 1.99. The monoisotopic (exact) mass is 308 g/mol. The highest BCUT2D eigenvalue weighted by Crippen LogP contribution is 2.35. The van der Waals surface area contributed by atoms with E-state index < -0.39 is 9.84 Å². The molecule has 1 saturated carbocycles. The van der Waals surface area contributed by atoms with Crippen LogP contribution in [0.3, 0.4) is 0 Å². The van der Waals surface area contributed by atoms with Crippen molar-refractivity contribution in [1.29, 1.82) is 0 Å². The van der Waals surface area contributed by atoms with E-state index >= 15 is 0 Å². The third-order valence-electron chi connectivity index (χ3n) is 4.75. The normalized spacial score (nSPS) is 26.6. The molecule has 0 radical (unpaired) electrons. The zero-order valence-corrected chi connectivity index (χ0v) is 13.4. The molecule has 5 heteroatoms. The fourth-order valence-electron chi connectivity index (χ4n) is 3.64. The van der Waals surface area contributed by atoms with Gasteiger partial charge in [-0.15, -0.1) is 0 Å². The zero-order valence-electron chi connectivity index (χ0n) is 12.6. The van der Waals surface area contributed by atoms with Crippen molar-refractivity contribution in [1.82, 2.24) is 0 Å². The average Bonchev–Trinajstić information content (AvgIpc) is 2.69. The van der Waals surface area contributed by atoms with Crippen LogP contribution in [0.4, 0.5) is 11.4 Å². The Morgan fingerprint density at radius 2 is 2.00 bits per heavy atom. The van der Waals surface area contributed by atoms with Gasteiger partial charge in [-0.1, -0.05) is 18.6 Å². The molecule has 2 unspecified atom stereocenters. The first-order valence-corrected chi connectivity index (χ1v) is 9.79. The molecule has 0 spiro atoms. The van der Waals surface area contributed by atoms with Crippen LogP contribution in [0.25, 0.3) is 0 Å². The highest BCUT2D eigenvalue weighted by atomic mass is 32.2. The summed E-state index contributed by atoms with van der Waals surface area (Å²) in [5.41, 5.74) is 2.41. The Labute approximate surface area is 127 Å². The highest BCUT2D eigenvalue weighted by Gasteiger charge is 2.33. The van der Waals surface area contributed by atoms with Crippen molar-refractivity contribution >= 4 is 21.2 Å². The van der Waals surface area contributed by atoms with Gasteiger partial charge in [0.1, 0.15) is 9.84 Å². The van der Waals surface area contributed by atoms with E-state index in [1.54, 1.807) is 0 Å². The molecule has 1 aromatic carbocycles. The van der Waals surface area contributed by atoms with Crippen molar-refractivity contribution in [3.8, 4) is 0 Å². The van der Waals surface area contributed by atoms with Crippen molar-refractivity contribution in [2.24, 2.45) is 0 Å². The molecule has 1 aliphatic carbocycles. The van der Waals surface area contributed by atoms with Gasteiger partial charge in [-0.2, -0.15) is 0 Å². The Bertz CT molecular complexity index is 600. The van der Waals surface area contributed by atoms with Gasteiger partial charge in [0, 0.05) is 25.4 Å². The van der Waals surface area contributed by atoms with E-state index in [1.165, 1.54) is 17.6 Å². The number of hydrogen-bond donors (Lipinski definition) is 1. The zero-order chi connectivity index (χ0) is 14.9. The molecule has 1 aliphatic heterocycles. The minimum Gasteiger partial charge on any atom is -0.383 e. The lowest BCUT2D eigenvalue weighted by Crippen LogP contribution is -2.42. The second kappa shape index (κ2) is 5.87. The SMILES string of the molecule is CS(=O)(=O)C1CCCC(N2CCCNc3ccccc32)C1. The smallest absolute Gasteiger partial charge is 0.150 e. The maximum absolute atomic E-state index is 11.9. The van der Waals surface area contributed by atoms with Crippen LogP contribution in [0.5, 0.6) is 0 Å². The van der Waals surface area contributed by atoms with Crippen LogP contribution >= 0.6 is 0 Å². The number of benzene rings is 1. The highest BCUT2D eigenvalue weighted by molar-refractivity contribution is 7.91. The lowest BCUT2D eigenvalue weighted by molar-refractivity contribution is 0.411. The molecule has 0 aromatic heterocycles. The summed E-state index contributed by atoms with van der Waals surface area (Å²) in [5.74, 6) is 0. The lowest BCUT2D eigenvalue weighted by atomic mass is 9.93. The summed E-state index contributed by atoms with van der Waals surface area (Å²) in [5, 5.41) is 3.31. The molecule has 1 N–H and O–H groups in total. The van der Waals surface area contributed by atoms with Crippen molar-refractivity contribution in [2.75, 3.05) is 29.6 Å². The second-order valence-corrected chi connectivity index (χ2v) is 8.59. The molecule has 0 bridgehead atoms. The number of anilines is 2. The Morgan fingerprint density at radius 1 is 1.19 bits per heavy atom. The molecule has 4 nitrogen and oxygen atoms in total. The maximum Gasteiger partial charge on any atom is 0.150 e. The summed E-state index contributed by atoms with van der Waals surface area (Å²) >= 11 is 0. The summed E-state index contributed by atoms with van der Waals surface area (Å²) in [7, 11) is -2.93. The number of hydrogen-bond acceptors (Lipinski definition) is 4. The van der Waals surface area contributed by atoms with Gasteiger partial charge < -0.3 is 10.2 Å². The minimum atomic E-state index is -2.93. The number of sulfone groups is 1. The third-order valence-corrected chi connectivity index (χ3v) is 6.39. The minimum absolute atomic E-state index is 0.167. The van der Waals surface area contributed by atoms with Gasteiger partial charge in [-0.3, -0.25) is 0 Å². The Balaban J connectivity index is 1.86. The van der Waals surface area contributed by atoms with E-state index in [9.17, 15) is 8.42 Å². The summed E-state index contributed by atoms with van der Waals surface area (Å²) in [4.78, 5) is 2.44. The molecule has 2 aliphatic rings. The Morgan fingerprint density at radius 3 is 2.81 bits per heavy atom. The molecule has 1 aromatic rings. The first-order valence-electron chi connectivity index (χ1n) is 7.84. The molecule has 21 heavy (non-hydrogen) atoms. The standard InChI is InChI=1S/C16H24N2O2S/c1-21(19,20)14-7-4-6-13(12-14)18-11-5-10-17-15-8-2-3-9-16(15)18/h2-3,8-9,13-14,17H,4-7,10-12H2,1H3. The number of fused-ring (bicyclic) bond motifs is 1. The summed E-state index contributed by atoms with van der Waals surface area (Å²) < 4.78 is 23.8. The van der Waals surface area contributed by atoms with Gasteiger partial charge in [0.05, 0.1) is 16.6 Å². The third kappa shape index (κ3) is 3.18. The molecule has 1 heterocycles. The van der Waals surface area contributed by atoms with E-state index in [4.69, 9.17) is 0 Å². The Kier molecular flexibility index (Phi) is 4.11. The fourth-order valence-corrected chi connectivity index (χ4v) is 4.80. The van der Waals surface area contributed by atoms with Crippen molar-refractivity contribution in [3.63, 3.8) is 0 Å². The Hall–Kier alpha value is -1.23. The second-order valence-electron chi connectivity index (χ2n) is 6.26. The molecular weight excluding hydrogens is 284 g/mol. The molecular formula is C16H24N2O2S. The van der Waals surface area contributed by atoms with Crippen LogP contribution in [0.15, 0.2) is 24.3 Å². The summed E-state index contributed by atoms with van der Waals surface area (Å²) in [6.07, 6.45) is 6.18. The van der Waals surface area contributed by atoms with Crippen LogP contribution < -0.4 is 10.2 Å². The van der Waals surface area contributed by atoms with Crippen LogP contribution in [0.1, 0.15) is 32.1 Å². The average molecular weight is 308 g/mol.